The summed E-state index contributed by atoms with van der Waals surface area (Å²) in [6.45, 7) is 0. The van der Waals surface area contributed by atoms with E-state index in [4.69, 9.17) is 11.6 Å². The van der Waals surface area contributed by atoms with E-state index < -0.39 is 29.4 Å². The van der Waals surface area contributed by atoms with E-state index in [1.54, 1.807) is 0 Å². The van der Waals surface area contributed by atoms with Crippen molar-refractivity contribution in [1.29, 1.82) is 0 Å². The van der Waals surface area contributed by atoms with Gasteiger partial charge >= 0.3 is 12.1 Å². The van der Waals surface area contributed by atoms with E-state index >= 15 is 0 Å². The number of alkyl halides is 3. The molecule has 0 radical (unpaired) electrons. The molecule has 0 heterocycles. The monoisotopic (exact) mass is 298 g/mol. The molecule has 1 N–H and O–H groups in total. The van der Waals surface area contributed by atoms with E-state index in [1.165, 1.54) is 0 Å². The minimum Gasteiger partial charge on any atom is -0.495 e. The maximum atomic E-state index is 12.9. The summed E-state index contributed by atoms with van der Waals surface area (Å²) < 4.78 is 47.5. The number of benzene rings is 1. The van der Waals surface area contributed by atoms with Gasteiger partial charge in [-0.1, -0.05) is 11.6 Å². The average Bonchev–Trinajstić information content (AvgIpc) is 2.35. The molecule has 1 aromatic rings. The Kier molecular flexibility index (Phi) is 4.65. The Labute approximate surface area is 111 Å². The predicted octanol–water partition coefficient (Wildman–Crippen LogP) is 2.57. The number of esters is 1. The van der Waals surface area contributed by atoms with Crippen LogP contribution < -0.4 is 4.74 Å². The third-order valence-electron chi connectivity index (χ3n) is 2.35. The number of methoxy groups -OCH3 is 2. The minimum absolute atomic E-state index is 0.159. The van der Waals surface area contributed by atoms with E-state index in [1.807, 2.05) is 0 Å². The molecule has 0 aliphatic heterocycles. The van der Waals surface area contributed by atoms with Gasteiger partial charge in [0.25, 0.3) is 0 Å². The lowest BCUT2D eigenvalue weighted by Gasteiger charge is -2.18. The van der Waals surface area contributed by atoms with Gasteiger partial charge in [-0.3, -0.25) is 0 Å². The number of carbonyl (C=O) groups excluding carboxylic acids is 1. The van der Waals surface area contributed by atoms with Crippen LogP contribution in [0.1, 0.15) is 17.2 Å². The fourth-order valence-electron chi connectivity index (χ4n) is 1.44. The number of rotatable bonds is 3. The highest BCUT2D eigenvalue weighted by Gasteiger charge is 2.38. The fourth-order valence-corrected chi connectivity index (χ4v) is 1.68. The van der Waals surface area contributed by atoms with Gasteiger partial charge < -0.3 is 14.6 Å². The minimum atomic E-state index is -4.78. The molecule has 1 rings (SSSR count). The molecule has 0 fully saturated rings. The van der Waals surface area contributed by atoms with Crippen LogP contribution in [-0.4, -0.2) is 25.3 Å². The summed E-state index contributed by atoms with van der Waals surface area (Å²) in [7, 11) is 2.10. The number of aliphatic hydroxyl groups excluding tert-OH is 1. The number of hydrogen-bond donors (Lipinski definition) is 1. The highest BCUT2D eigenvalue weighted by Crippen LogP contribution is 2.40. The fraction of sp³-hybridized carbons (Fsp3) is 0.364. The Bertz CT molecular complexity index is 488. The van der Waals surface area contributed by atoms with E-state index in [-0.39, 0.29) is 10.8 Å². The molecule has 0 aromatic heterocycles. The van der Waals surface area contributed by atoms with Gasteiger partial charge in [0.05, 0.1) is 24.8 Å². The zero-order valence-corrected chi connectivity index (χ0v) is 10.7. The molecule has 4 nitrogen and oxygen atoms in total. The first kappa shape index (κ1) is 15.6. The number of carbonyl (C=O) groups is 1. The lowest BCUT2D eigenvalue weighted by atomic mass is 10.0. The van der Waals surface area contributed by atoms with Crippen molar-refractivity contribution in [2.24, 2.45) is 0 Å². The molecule has 0 saturated carbocycles. The molecular weight excluding hydrogens is 289 g/mol. The summed E-state index contributed by atoms with van der Waals surface area (Å²) in [5.74, 6) is -1.43. The molecule has 0 saturated heterocycles. The molecule has 19 heavy (non-hydrogen) atoms. The molecule has 0 bridgehead atoms. The van der Waals surface area contributed by atoms with E-state index in [0.717, 1.165) is 20.3 Å². The zero-order chi connectivity index (χ0) is 14.8. The first-order chi connectivity index (χ1) is 8.72. The molecule has 1 atom stereocenters. The summed E-state index contributed by atoms with van der Waals surface area (Å²) in [6, 6.07) is 1.44. The third-order valence-corrected chi connectivity index (χ3v) is 2.64. The second kappa shape index (κ2) is 5.66. The van der Waals surface area contributed by atoms with Crippen LogP contribution in [0.15, 0.2) is 12.1 Å². The average molecular weight is 299 g/mol. The highest BCUT2D eigenvalue weighted by atomic mass is 35.5. The van der Waals surface area contributed by atoms with Crippen molar-refractivity contribution in [2.45, 2.75) is 12.3 Å². The lowest BCUT2D eigenvalue weighted by Crippen LogP contribution is -2.19. The molecule has 0 spiro atoms. The van der Waals surface area contributed by atoms with Crippen LogP contribution in [0, 0.1) is 0 Å². The molecule has 1 aromatic carbocycles. The molecular formula is C11H10ClF3O4. The predicted molar refractivity (Wildman–Crippen MR) is 60.0 cm³/mol. The standard InChI is InChI=1S/C11H10ClF3O4/c1-18-8-4-6(11(13,14)15)5(3-7(8)12)9(16)10(17)19-2/h3-4,9,16H,1-2H3. The van der Waals surface area contributed by atoms with E-state index in [9.17, 15) is 23.1 Å². The summed E-state index contributed by atoms with van der Waals surface area (Å²) in [6.07, 6.45) is -6.85. The van der Waals surface area contributed by atoms with Crippen molar-refractivity contribution >= 4 is 17.6 Å². The lowest BCUT2D eigenvalue weighted by molar-refractivity contribution is -0.152. The first-order valence-corrected chi connectivity index (χ1v) is 5.30. The second-order valence-corrected chi connectivity index (χ2v) is 3.90. The van der Waals surface area contributed by atoms with E-state index in [2.05, 4.69) is 9.47 Å². The van der Waals surface area contributed by atoms with Crippen molar-refractivity contribution in [3.63, 3.8) is 0 Å². The van der Waals surface area contributed by atoms with Gasteiger partial charge in [0.2, 0.25) is 0 Å². The molecule has 1 unspecified atom stereocenters. The summed E-state index contributed by atoms with van der Waals surface area (Å²) in [4.78, 5) is 11.1. The smallest absolute Gasteiger partial charge is 0.416 e. The van der Waals surface area contributed by atoms with Crippen molar-refractivity contribution in [2.75, 3.05) is 14.2 Å². The van der Waals surface area contributed by atoms with Gasteiger partial charge in [-0.25, -0.2) is 4.79 Å². The first-order valence-electron chi connectivity index (χ1n) is 4.93. The topological polar surface area (TPSA) is 55.8 Å². The number of halogens is 4. The molecule has 8 heteroatoms. The third kappa shape index (κ3) is 3.30. The maximum absolute atomic E-state index is 12.9. The van der Waals surface area contributed by atoms with Crippen LogP contribution in [0.3, 0.4) is 0 Å². The van der Waals surface area contributed by atoms with Crippen LogP contribution >= 0.6 is 11.6 Å². The van der Waals surface area contributed by atoms with Crippen molar-refractivity contribution < 1.29 is 32.5 Å². The van der Waals surface area contributed by atoms with Gasteiger partial charge in [-0.2, -0.15) is 13.2 Å². The van der Waals surface area contributed by atoms with Crippen LogP contribution in [0.25, 0.3) is 0 Å². The largest absolute Gasteiger partial charge is 0.495 e. The van der Waals surface area contributed by atoms with Gasteiger partial charge in [-0.15, -0.1) is 0 Å². The number of aliphatic hydroxyl groups is 1. The van der Waals surface area contributed by atoms with Crippen LogP contribution in [0.5, 0.6) is 5.75 Å². The summed E-state index contributed by atoms with van der Waals surface area (Å²) >= 11 is 5.69. The molecule has 0 aliphatic carbocycles. The molecule has 106 valence electrons. The van der Waals surface area contributed by atoms with Gasteiger partial charge in [-0.05, 0) is 12.1 Å². The van der Waals surface area contributed by atoms with Gasteiger partial charge in [0.1, 0.15) is 5.75 Å². The quantitative estimate of drug-likeness (QED) is 0.872. The Morgan fingerprint density at radius 1 is 1.37 bits per heavy atom. The molecule has 0 aliphatic rings. The van der Waals surface area contributed by atoms with Crippen LogP contribution in [-0.2, 0) is 15.7 Å². The van der Waals surface area contributed by atoms with Crippen molar-refractivity contribution in [3.8, 4) is 5.75 Å². The van der Waals surface area contributed by atoms with Crippen molar-refractivity contribution in [1.82, 2.24) is 0 Å². The molecule has 0 amide bonds. The van der Waals surface area contributed by atoms with E-state index in [0.29, 0.717) is 6.07 Å². The zero-order valence-electron chi connectivity index (χ0n) is 9.92. The Balaban J connectivity index is 3.45. The summed E-state index contributed by atoms with van der Waals surface area (Å²) in [5, 5.41) is 9.39. The number of hydrogen-bond acceptors (Lipinski definition) is 4. The van der Waals surface area contributed by atoms with Crippen LogP contribution in [0.4, 0.5) is 13.2 Å². The number of ether oxygens (including phenoxy) is 2. The summed E-state index contributed by atoms with van der Waals surface area (Å²) in [5.41, 5.74) is -1.91. The normalized spacial score (nSPS) is 13.0. The highest BCUT2D eigenvalue weighted by molar-refractivity contribution is 6.32. The Morgan fingerprint density at radius 2 is 1.95 bits per heavy atom. The maximum Gasteiger partial charge on any atom is 0.416 e. The second-order valence-electron chi connectivity index (χ2n) is 3.50. The SMILES string of the molecule is COC(=O)C(O)c1cc(Cl)c(OC)cc1C(F)(F)F. The Hall–Kier alpha value is -1.47. The van der Waals surface area contributed by atoms with Gasteiger partial charge in [0.15, 0.2) is 6.10 Å². The van der Waals surface area contributed by atoms with Crippen LogP contribution in [0.2, 0.25) is 5.02 Å². The Morgan fingerprint density at radius 3 is 2.37 bits per heavy atom. The van der Waals surface area contributed by atoms with Crippen molar-refractivity contribution in [3.05, 3.63) is 28.3 Å². The van der Waals surface area contributed by atoms with Gasteiger partial charge in [0, 0.05) is 5.56 Å².